The number of thioether (sulfide) groups is 1. The van der Waals surface area contributed by atoms with Crippen molar-refractivity contribution in [2.24, 2.45) is 12.8 Å². The van der Waals surface area contributed by atoms with E-state index in [-0.39, 0.29) is 5.91 Å². The van der Waals surface area contributed by atoms with Gasteiger partial charge < -0.3 is 15.6 Å². The van der Waals surface area contributed by atoms with Crippen LogP contribution in [0.25, 0.3) is 0 Å². The minimum Gasteiger partial charge on any atom is -0.355 e. The van der Waals surface area contributed by atoms with Crippen molar-refractivity contribution >= 4 is 17.7 Å². The maximum Gasteiger partial charge on any atom is 0.230 e. The Morgan fingerprint density at radius 1 is 1.48 bits per heavy atom. The summed E-state index contributed by atoms with van der Waals surface area (Å²) in [5.41, 5.74) is 7.02. The fourth-order valence-electron chi connectivity index (χ4n) is 2.32. The third-order valence-corrected chi connectivity index (χ3v) is 4.61. The summed E-state index contributed by atoms with van der Waals surface area (Å²) in [6, 6.07) is 0. The molecule has 0 saturated heterocycles. The molecule has 1 aromatic rings. The lowest BCUT2D eigenvalue weighted by Gasteiger charge is -2.12. The number of hydrogen-bond acceptors (Lipinski definition) is 5. The molecule has 0 aromatic carbocycles. The first-order chi connectivity index (χ1) is 10.2. The predicted molar refractivity (Wildman–Crippen MR) is 83.8 cm³/mol. The smallest absolute Gasteiger partial charge is 0.230 e. The molecule has 1 aliphatic rings. The Morgan fingerprint density at radius 3 is 3.00 bits per heavy atom. The molecule has 1 aromatic heterocycles. The van der Waals surface area contributed by atoms with Gasteiger partial charge in [-0.25, -0.2) is 0 Å². The molecule has 0 spiro atoms. The van der Waals surface area contributed by atoms with E-state index in [9.17, 15) is 4.79 Å². The predicted octanol–water partition coefficient (Wildman–Crippen LogP) is 1.37. The largest absolute Gasteiger partial charge is 0.355 e. The quantitative estimate of drug-likeness (QED) is 0.587. The molecule has 7 heteroatoms. The number of amides is 1. The van der Waals surface area contributed by atoms with Gasteiger partial charge in [0.1, 0.15) is 5.82 Å². The molecule has 0 bridgehead atoms. The normalized spacial score (nSPS) is 14.9. The second kappa shape index (κ2) is 8.19. The summed E-state index contributed by atoms with van der Waals surface area (Å²) in [5.74, 6) is 1.12. The summed E-state index contributed by atoms with van der Waals surface area (Å²) in [5, 5.41) is 11.7. The molecule has 0 fully saturated rings. The van der Waals surface area contributed by atoms with Gasteiger partial charge in [-0.1, -0.05) is 23.4 Å². The number of nitrogens with zero attached hydrogens (tertiary/aromatic N) is 3. The number of hydrogen-bond donors (Lipinski definition) is 2. The summed E-state index contributed by atoms with van der Waals surface area (Å²) >= 11 is 1.38. The van der Waals surface area contributed by atoms with E-state index in [1.54, 1.807) is 0 Å². The summed E-state index contributed by atoms with van der Waals surface area (Å²) < 4.78 is 1.82. The van der Waals surface area contributed by atoms with Gasteiger partial charge in [0.2, 0.25) is 5.91 Å². The van der Waals surface area contributed by atoms with Crippen LogP contribution in [0.3, 0.4) is 0 Å². The number of carbonyl (C=O) groups excluding carboxylic acids is 1. The lowest BCUT2D eigenvalue weighted by molar-refractivity contribution is -0.118. The average molecular weight is 309 g/mol. The Morgan fingerprint density at radius 2 is 2.33 bits per heavy atom. The van der Waals surface area contributed by atoms with E-state index >= 15 is 0 Å². The van der Waals surface area contributed by atoms with Crippen molar-refractivity contribution < 1.29 is 4.79 Å². The van der Waals surface area contributed by atoms with Gasteiger partial charge in [-0.3, -0.25) is 4.79 Å². The van der Waals surface area contributed by atoms with Crippen LogP contribution in [0.2, 0.25) is 0 Å². The highest BCUT2D eigenvalue weighted by molar-refractivity contribution is 7.99. The Labute approximate surface area is 129 Å². The molecule has 21 heavy (non-hydrogen) atoms. The summed E-state index contributed by atoms with van der Waals surface area (Å²) in [4.78, 5) is 11.8. The molecule has 1 amide bonds. The number of nitrogens with two attached hydrogens (primary N) is 1. The topological polar surface area (TPSA) is 85.8 Å². The van der Waals surface area contributed by atoms with E-state index in [4.69, 9.17) is 5.73 Å². The van der Waals surface area contributed by atoms with E-state index < -0.39 is 0 Å². The Bertz CT molecular complexity index is 511. The Hall–Kier alpha value is -1.34. The van der Waals surface area contributed by atoms with Gasteiger partial charge in [-0.05, 0) is 32.1 Å². The second-order valence-electron chi connectivity index (χ2n) is 5.16. The molecular formula is C14H23N5OS. The SMILES string of the molecule is Cn1c(CN)nnc1SCC(=O)NCCC1=CCCCC1. The molecule has 1 aliphatic carbocycles. The molecule has 0 saturated carbocycles. The van der Waals surface area contributed by atoms with E-state index in [0.29, 0.717) is 12.3 Å². The second-order valence-corrected chi connectivity index (χ2v) is 6.10. The van der Waals surface area contributed by atoms with Crippen LogP contribution in [-0.2, 0) is 18.4 Å². The van der Waals surface area contributed by atoms with Crippen molar-refractivity contribution in [3.05, 3.63) is 17.5 Å². The number of rotatable bonds is 7. The first-order valence-corrected chi connectivity index (χ1v) is 8.35. The molecule has 0 atom stereocenters. The fourth-order valence-corrected chi connectivity index (χ4v) is 3.08. The highest BCUT2D eigenvalue weighted by atomic mass is 32.2. The van der Waals surface area contributed by atoms with Crippen molar-refractivity contribution in [3.63, 3.8) is 0 Å². The zero-order valence-corrected chi connectivity index (χ0v) is 13.3. The van der Waals surface area contributed by atoms with Gasteiger partial charge in [-0.15, -0.1) is 10.2 Å². The first kappa shape index (κ1) is 16.0. The minimum absolute atomic E-state index is 0.0358. The zero-order chi connectivity index (χ0) is 15.1. The van der Waals surface area contributed by atoms with E-state index in [1.807, 2.05) is 11.6 Å². The van der Waals surface area contributed by atoms with Crippen LogP contribution >= 0.6 is 11.8 Å². The molecule has 6 nitrogen and oxygen atoms in total. The molecule has 0 aliphatic heterocycles. The van der Waals surface area contributed by atoms with Crippen molar-refractivity contribution in [2.75, 3.05) is 12.3 Å². The monoisotopic (exact) mass is 309 g/mol. The average Bonchev–Trinajstić information content (AvgIpc) is 2.86. The van der Waals surface area contributed by atoms with E-state index in [1.165, 1.54) is 43.0 Å². The van der Waals surface area contributed by atoms with Gasteiger partial charge in [0.15, 0.2) is 5.16 Å². The van der Waals surface area contributed by atoms with Gasteiger partial charge in [-0.2, -0.15) is 0 Å². The highest BCUT2D eigenvalue weighted by Crippen LogP contribution is 2.19. The lowest BCUT2D eigenvalue weighted by atomic mass is 9.97. The van der Waals surface area contributed by atoms with Crippen molar-refractivity contribution in [1.29, 1.82) is 0 Å². The number of aromatic nitrogens is 3. The minimum atomic E-state index is 0.0358. The Kier molecular flexibility index (Phi) is 6.25. The summed E-state index contributed by atoms with van der Waals surface area (Å²) in [7, 11) is 1.86. The van der Waals surface area contributed by atoms with Crippen molar-refractivity contribution in [1.82, 2.24) is 20.1 Å². The first-order valence-electron chi connectivity index (χ1n) is 7.36. The van der Waals surface area contributed by atoms with Crippen LogP contribution in [0.15, 0.2) is 16.8 Å². The third kappa shape index (κ3) is 4.86. The van der Waals surface area contributed by atoms with Crippen molar-refractivity contribution in [2.45, 2.75) is 43.8 Å². The van der Waals surface area contributed by atoms with Crippen LogP contribution in [0.5, 0.6) is 0 Å². The number of nitrogens with one attached hydrogen (secondary N) is 1. The summed E-state index contributed by atoms with van der Waals surface area (Å²) in [6.45, 7) is 1.07. The van der Waals surface area contributed by atoms with Crippen LogP contribution in [0.4, 0.5) is 0 Å². The zero-order valence-electron chi connectivity index (χ0n) is 12.5. The van der Waals surface area contributed by atoms with Gasteiger partial charge in [0, 0.05) is 13.6 Å². The maximum absolute atomic E-state index is 11.8. The van der Waals surface area contributed by atoms with Gasteiger partial charge >= 0.3 is 0 Å². The molecule has 3 N–H and O–H groups in total. The third-order valence-electron chi connectivity index (χ3n) is 3.59. The van der Waals surface area contributed by atoms with Crippen LogP contribution in [0.1, 0.15) is 37.9 Å². The standard InChI is InChI=1S/C14H23N5OS/c1-19-12(9-15)17-18-14(19)21-10-13(20)16-8-7-11-5-3-2-4-6-11/h5H,2-4,6-10,15H2,1H3,(H,16,20). The lowest BCUT2D eigenvalue weighted by Crippen LogP contribution is -2.26. The fraction of sp³-hybridized carbons (Fsp3) is 0.643. The number of carbonyl (C=O) groups is 1. The van der Waals surface area contributed by atoms with Gasteiger partial charge in [0.25, 0.3) is 0 Å². The van der Waals surface area contributed by atoms with Crippen LogP contribution in [-0.4, -0.2) is 33.0 Å². The maximum atomic E-state index is 11.8. The number of allylic oxidation sites excluding steroid dienone is 1. The molecular weight excluding hydrogens is 286 g/mol. The molecule has 0 radical (unpaired) electrons. The highest BCUT2D eigenvalue weighted by Gasteiger charge is 2.10. The summed E-state index contributed by atoms with van der Waals surface area (Å²) in [6.07, 6.45) is 8.25. The van der Waals surface area contributed by atoms with E-state index in [0.717, 1.165) is 23.9 Å². The Balaban J connectivity index is 1.67. The van der Waals surface area contributed by atoms with Crippen LogP contribution in [0, 0.1) is 0 Å². The van der Waals surface area contributed by atoms with E-state index in [2.05, 4.69) is 21.6 Å². The van der Waals surface area contributed by atoms with Gasteiger partial charge in [0.05, 0.1) is 12.3 Å². The van der Waals surface area contributed by atoms with Crippen molar-refractivity contribution in [3.8, 4) is 0 Å². The molecule has 116 valence electrons. The molecule has 0 unspecified atom stereocenters. The molecule has 1 heterocycles. The molecule has 2 rings (SSSR count). The van der Waals surface area contributed by atoms with Crippen LogP contribution < -0.4 is 11.1 Å².